The zero-order chi connectivity index (χ0) is 20.3. The highest BCUT2D eigenvalue weighted by Gasteiger charge is 2.37. The lowest BCUT2D eigenvalue weighted by Gasteiger charge is -2.31. The smallest absolute Gasteiger partial charge is 0.330 e. The van der Waals surface area contributed by atoms with E-state index in [0.29, 0.717) is 13.1 Å². The number of rotatable bonds is 6. The average molecular weight is 383 g/mol. The molecule has 1 rings (SSSR count). The van der Waals surface area contributed by atoms with Crippen molar-refractivity contribution >= 4 is 23.9 Å². The van der Waals surface area contributed by atoms with E-state index < -0.39 is 29.3 Å². The largest absolute Gasteiger partial charge is 0.465 e. The van der Waals surface area contributed by atoms with Gasteiger partial charge in [-0.2, -0.15) is 0 Å². The Labute approximate surface area is 157 Å². The molecule has 1 fully saturated rings. The lowest BCUT2D eigenvalue weighted by atomic mass is 9.92. The quantitative estimate of drug-likeness (QED) is 0.362. The normalized spacial score (nSPS) is 18.7. The molecule has 0 saturated carbocycles. The number of carbonyl (C=O) groups excluding carboxylic acids is 4. The number of cyclic esters (lactones) is 2. The molecule has 0 aromatic carbocycles. The maximum absolute atomic E-state index is 12.0. The summed E-state index contributed by atoms with van der Waals surface area (Å²) in [6.45, 7) is 6.29. The van der Waals surface area contributed by atoms with Crippen molar-refractivity contribution in [3.8, 4) is 0 Å². The third-order valence-electron chi connectivity index (χ3n) is 3.85. The molecule has 0 spiro atoms. The molecule has 9 nitrogen and oxygen atoms in total. The van der Waals surface area contributed by atoms with Gasteiger partial charge in [0.25, 0.3) is 0 Å². The fourth-order valence-corrected chi connectivity index (χ4v) is 2.10. The molecule has 0 aliphatic carbocycles. The third kappa shape index (κ3) is 8.50. The Morgan fingerprint density at radius 1 is 1.00 bits per heavy atom. The SMILES string of the molecule is C=CC(=O)OCC1(COC(=O)C=C)COC(=O)CCN(C)CCC(=O)OC1. The van der Waals surface area contributed by atoms with Gasteiger partial charge >= 0.3 is 23.9 Å². The highest BCUT2D eigenvalue weighted by molar-refractivity contribution is 5.81. The van der Waals surface area contributed by atoms with Crippen molar-refractivity contribution in [2.45, 2.75) is 12.8 Å². The first kappa shape index (κ1) is 22.4. The molecule has 0 bridgehead atoms. The minimum Gasteiger partial charge on any atom is -0.465 e. The number of hydrogen-bond acceptors (Lipinski definition) is 9. The van der Waals surface area contributed by atoms with E-state index in [1.54, 1.807) is 7.05 Å². The zero-order valence-corrected chi connectivity index (χ0v) is 15.4. The van der Waals surface area contributed by atoms with E-state index in [0.717, 1.165) is 12.2 Å². The van der Waals surface area contributed by atoms with Crippen LogP contribution in [0.4, 0.5) is 0 Å². The highest BCUT2D eigenvalue weighted by Crippen LogP contribution is 2.22. The minimum atomic E-state index is -1.24. The van der Waals surface area contributed by atoms with Gasteiger partial charge in [0.1, 0.15) is 31.8 Å². The summed E-state index contributed by atoms with van der Waals surface area (Å²) in [7, 11) is 1.78. The Kier molecular flexibility index (Phi) is 9.21. The minimum absolute atomic E-state index is 0.126. The van der Waals surface area contributed by atoms with Crippen LogP contribution in [-0.4, -0.2) is 75.3 Å². The molecule has 1 heterocycles. The topological polar surface area (TPSA) is 108 Å². The van der Waals surface area contributed by atoms with Crippen molar-refractivity contribution in [3.05, 3.63) is 25.3 Å². The average Bonchev–Trinajstić information content (AvgIpc) is 2.67. The van der Waals surface area contributed by atoms with E-state index in [2.05, 4.69) is 13.2 Å². The van der Waals surface area contributed by atoms with Gasteiger partial charge in [-0.1, -0.05) is 13.2 Å². The lowest BCUT2D eigenvalue weighted by Crippen LogP contribution is -2.44. The Morgan fingerprint density at radius 3 is 1.78 bits per heavy atom. The van der Waals surface area contributed by atoms with Crippen LogP contribution in [0.25, 0.3) is 0 Å². The second kappa shape index (κ2) is 11.1. The summed E-state index contributed by atoms with van der Waals surface area (Å²) in [5.41, 5.74) is -1.24. The van der Waals surface area contributed by atoms with Gasteiger partial charge < -0.3 is 23.8 Å². The fraction of sp³-hybridized carbons (Fsp3) is 0.556. The molecule has 1 aliphatic rings. The lowest BCUT2D eigenvalue weighted by molar-refractivity contribution is -0.168. The monoisotopic (exact) mass is 383 g/mol. The third-order valence-corrected chi connectivity index (χ3v) is 3.85. The van der Waals surface area contributed by atoms with Crippen LogP contribution in [0.3, 0.4) is 0 Å². The van der Waals surface area contributed by atoms with Crippen molar-refractivity contribution in [1.82, 2.24) is 4.90 Å². The molecule has 0 aromatic rings. The summed E-state index contributed by atoms with van der Waals surface area (Å²) in [5.74, 6) is -2.36. The summed E-state index contributed by atoms with van der Waals surface area (Å²) in [6, 6.07) is 0. The summed E-state index contributed by atoms with van der Waals surface area (Å²) < 4.78 is 20.6. The number of esters is 4. The maximum Gasteiger partial charge on any atom is 0.330 e. The van der Waals surface area contributed by atoms with Crippen LogP contribution in [0, 0.1) is 5.41 Å². The molecule has 0 radical (unpaired) electrons. The van der Waals surface area contributed by atoms with E-state index >= 15 is 0 Å². The standard InChI is InChI=1S/C18H25NO8/c1-4-14(20)24-10-18(11-25-15(21)5-2)12-26-16(22)6-8-19(3)9-7-17(23)27-13-18/h4-5H,1-2,6-13H2,3H3. The Morgan fingerprint density at radius 2 is 1.41 bits per heavy atom. The van der Waals surface area contributed by atoms with Gasteiger partial charge in [0.15, 0.2) is 0 Å². The van der Waals surface area contributed by atoms with Crippen molar-refractivity contribution in [2.75, 3.05) is 46.6 Å². The number of nitrogens with zero attached hydrogens (tertiary/aromatic N) is 1. The molecule has 0 atom stereocenters. The van der Waals surface area contributed by atoms with Crippen LogP contribution >= 0.6 is 0 Å². The van der Waals surface area contributed by atoms with Crippen LogP contribution in [0.1, 0.15) is 12.8 Å². The predicted molar refractivity (Wildman–Crippen MR) is 93.4 cm³/mol. The first-order valence-electron chi connectivity index (χ1n) is 8.38. The maximum atomic E-state index is 12.0. The first-order valence-corrected chi connectivity index (χ1v) is 8.38. The first-order chi connectivity index (χ1) is 12.8. The van der Waals surface area contributed by atoms with Crippen molar-refractivity contribution in [1.29, 1.82) is 0 Å². The summed E-state index contributed by atoms with van der Waals surface area (Å²) in [5, 5.41) is 0. The van der Waals surface area contributed by atoms with E-state index in [-0.39, 0.29) is 39.3 Å². The molecule has 0 unspecified atom stereocenters. The molecule has 0 aromatic heterocycles. The van der Waals surface area contributed by atoms with Crippen LogP contribution < -0.4 is 0 Å². The highest BCUT2D eigenvalue weighted by atomic mass is 16.6. The summed E-state index contributed by atoms with van der Waals surface area (Å²) >= 11 is 0. The van der Waals surface area contributed by atoms with Crippen LogP contribution in [0.5, 0.6) is 0 Å². The van der Waals surface area contributed by atoms with E-state index in [1.165, 1.54) is 0 Å². The number of carbonyl (C=O) groups is 4. The predicted octanol–water partition coefficient (Wildman–Crippen LogP) is 0.243. The van der Waals surface area contributed by atoms with Crippen molar-refractivity contribution < 1.29 is 38.1 Å². The van der Waals surface area contributed by atoms with Crippen molar-refractivity contribution in [2.24, 2.45) is 5.41 Å². The van der Waals surface area contributed by atoms with E-state index in [9.17, 15) is 19.2 Å². The molecule has 0 N–H and O–H groups in total. The van der Waals surface area contributed by atoms with Crippen LogP contribution in [0.15, 0.2) is 25.3 Å². The molecule has 0 amide bonds. The van der Waals surface area contributed by atoms with Crippen molar-refractivity contribution in [3.63, 3.8) is 0 Å². The molecule has 1 aliphatic heterocycles. The molecule has 9 heteroatoms. The van der Waals surface area contributed by atoms with Gasteiger partial charge in [-0.15, -0.1) is 0 Å². The number of hydrogen-bond donors (Lipinski definition) is 0. The Bertz CT molecular complexity index is 536. The summed E-state index contributed by atoms with van der Waals surface area (Å²) in [4.78, 5) is 48.7. The second-order valence-electron chi connectivity index (χ2n) is 6.25. The Balaban J connectivity index is 2.98. The molecule has 1 saturated heterocycles. The van der Waals surface area contributed by atoms with Crippen LogP contribution in [-0.2, 0) is 38.1 Å². The van der Waals surface area contributed by atoms with Crippen LogP contribution in [0.2, 0.25) is 0 Å². The van der Waals surface area contributed by atoms with Gasteiger partial charge in [-0.3, -0.25) is 9.59 Å². The fourth-order valence-electron chi connectivity index (χ4n) is 2.10. The van der Waals surface area contributed by atoms with Gasteiger partial charge in [0.05, 0.1) is 12.8 Å². The van der Waals surface area contributed by atoms with E-state index in [1.807, 2.05) is 4.90 Å². The Hall–Kier alpha value is -2.68. The van der Waals surface area contributed by atoms with Gasteiger partial charge in [-0.25, -0.2) is 9.59 Å². The second-order valence-corrected chi connectivity index (χ2v) is 6.25. The zero-order valence-electron chi connectivity index (χ0n) is 15.4. The molecule has 150 valence electrons. The van der Waals surface area contributed by atoms with Gasteiger partial charge in [0, 0.05) is 25.2 Å². The molecule has 27 heavy (non-hydrogen) atoms. The molecular formula is C18H25NO8. The van der Waals surface area contributed by atoms with Gasteiger partial charge in [0.2, 0.25) is 0 Å². The van der Waals surface area contributed by atoms with E-state index in [4.69, 9.17) is 18.9 Å². The number of ether oxygens (including phenoxy) is 4. The van der Waals surface area contributed by atoms with Gasteiger partial charge in [-0.05, 0) is 7.05 Å². The summed E-state index contributed by atoms with van der Waals surface area (Å²) in [6.07, 6.45) is 2.18. The molecular weight excluding hydrogens is 358 g/mol.